The first-order valence-electron chi connectivity index (χ1n) is 9.46. The number of hydrogen-bond donors (Lipinski definition) is 1. The van der Waals surface area contributed by atoms with Gasteiger partial charge in [-0.1, -0.05) is 30.1 Å². The zero-order chi connectivity index (χ0) is 23.0. The SMILES string of the molecule is CCC(C)OC(=O)Cc1c(C)n(C(=O)c2ccc(Cl)c(Cl)c2)c2cc(F)c(O)c(F)c12. The van der Waals surface area contributed by atoms with E-state index in [1.165, 1.54) is 25.1 Å². The molecule has 0 amide bonds. The molecule has 1 heterocycles. The molecule has 0 aliphatic heterocycles. The van der Waals surface area contributed by atoms with Gasteiger partial charge in [0.1, 0.15) is 0 Å². The van der Waals surface area contributed by atoms with Crippen molar-refractivity contribution in [3.8, 4) is 5.75 Å². The molecule has 1 atom stereocenters. The molecular weight excluding hydrogens is 451 g/mol. The highest BCUT2D eigenvalue weighted by molar-refractivity contribution is 6.42. The molecule has 0 saturated carbocycles. The number of ether oxygens (including phenoxy) is 1. The molecule has 0 fully saturated rings. The number of nitrogens with zero attached hydrogens (tertiary/aromatic N) is 1. The number of halogens is 4. The Morgan fingerprint density at radius 2 is 1.87 bits per heavy atom. The van der Waals surface area contributed by atoms with Crippen LogP contribution >= 0.6 is 23.2 Å². The second kappa shape index (κ2) is 8.85. The summed E-state index contributed by atoms with van der Waals surface area (Å²) >= 11 is 11.9. The van der Waals surface area contributed by atoms with Gasteiger partial charge < -0.3 is 9.84 Å². The number of benzene rings is 2. The van der Waals surface area contributed by atoms with E-state index in [0.29, 0.717) is 6.42 Å². The van der Waals surface area contributed by atoms with Crippen molar-refractivity contribution in [2.24, 2.45) is 0 Å². The maximum atomic E-state index is 14.9. The summed E-state index contributed by atoms with van der Waals surface area (Å²) in [6.45, 7) is 5.05. The zero-order valence-corrected chi connectivity index (χ0v) is 18.4. The smallest absolute Gasteiger partial charge is 0.310 e. The number of hydrogen-bond acceptors (Lipinski definition) is 4. The van der Waals surface area contributed by atoms with E-state index in [1.54, 1.807) is 6.92 Å². The van der Waals surface area contributed by atoms with Crippen LogP contribution in [-0.2, 0) is 16.0 Å². The lowest BCUT2D eigenvalue weighted by molar-refractivity contribution is -0.147. The van der Waals surface area contributed by atoms with Crippen LogP contribution in [0.2, 0.25) is 10.0 Å². The Labute approximate surface area is 187 Å². The largest absolute Gasteiger partial charge is 0.503 e. The Bertz CT molecular complexity index is 1210. The normalized spacial score (nSPS) is 12.2. The van der Waals surface area contributed by atoms with Gasteiger partial charge in [-0.05, 0) is 44.0 Å². The van der Waals surface area contributed by atoms with Crippen molar-refractivity contribution in [3.05, 3.63) is 62.8 Å². The standard InChI is InChI=1S/C22H19Cl2F2NO4/c1-4-10(2)31-18(28)8-13-11(3)27(17-9-16(25)21(29)20(26)19(13)17)22(30)12-5-6-14(23)15(24)7-12/h5-7,9-10,29H,4,8H2,1-3H3. The van der Waals surface area contributed by atoms with Crippen molar-refractivity contribution >= 4 is 46.0 Å². The number of rotatable bonds is 5. The Hall–Kier alpha value is -2.64. The third-order valence-electron chi connectivity index (χ3n) is 5.09. The molecule has 164 valence electrons. The molecule has 0 saturated heterocycles. The Morgan fingerprint density at radius 3 is 2.48 bits per heavy atom. The molecule has 0 spiro atoms. The maximum Gasteiger partial charge on any atom is 0.310 e. The molecule has 0 aliphatic rings. The third kappa shape index (κ3) is 4.25. The van der Waals surface area contributed by atoms with Crippen LogP contribution in [0, 0.1) is 18.6 Å². The van der Waals surface area contributed by atoms with Crippen molar-refractivity contribution < 1.29 is 28.2 Å². The third-order valence-corrected chi connectivity index (χ3v) is 5.83. The minimum absolute atomic E-state index is 0.115. The Kier molecular flexibility index (Phi) is 6.57. The number of carbonyl (C=O) groups excluding carboxylic acids is 2. The molecule has 9 heteroatoms. The lowest BCUT2D eigenvalue weighted by Gasteiger charge is -2.11. The summed E-state index contributed by atoms with van der Waals surface area (Å²) in [4.78, 5) is 25.6. The number of carbonyl (C=O) groups is 2. The van der Waals surface area contributed by atoms with Gasteiger partial charge in [-0.15, -0.1) is 0 Å². The highest BCUT2D eigenvalue weighted by Gasteiger charge is 2.27. The molecule has 0 bridgehead atoms. The van der Waals surface area contributed by atoms with Crippen LogP contribution in [0.5, 0.6) is 5.75 Å². The molecule has 2 aromatic carbocycles. The fourth-order valence-corrected chi connectivity index (χ4v) is 3.58. The van der Waals surface area contributed by atoms with Crippen molar-refractivity contribution in [3.63, 3.8) is 0 Å². The second-order valence-electron chi connectivity index (χ2n) is 7.13. The fraction of sp³-hybridized carbons (Fsp3) is 0.273. The van der Waals surface area contributed by atoms with Gasteiger partial charge in [0.25, 0.3) is 5.91 Å². The highest BCUT2D eigenvalue weighted by Crippen LogP contribution is 2.36. The Balaban J connectivity index is 2.22. The Morgan fingerprint density at radius 1 is 1.19 bits per heavy atom. The van der Waals surface area contributed by atoms with Gasteiger partial charge in [0.2, 0.25) is 0 Å². The van der Waals surface area contributed by atoms with E-state index < -0.39 is 29.3 Å². The number of aromatic hydroxyl groups is 1. The number of phenolic OH excluding ortho intramolecular Hbond substituents is 1. The van der Waals surface area contributed by atoms with Crippen molar-refractivity contribution in [1.82, 2.24) is 4.57 Å². The lowest BCUT2D eigenvalue weighted by atomic mass is 10.1. The van der Waals surface area contributed by atoms with E-state index in [4.69, 9.17) is 27.9 Å². The van der Waals surface area contributed by atoms with Crippen LogP contribution in [-0.4, -0.2) is 27.7 Å². The predicted molar refractivity (Wildman–Crippen MR) is 114 cm³/mol. The van der Waals surface area contributed by atoms with Crippen molar-refractivity contribution in [2.45, 2.75) is 39.7 Å². The van der Waals surface area contributed by atoms with Crippen molar-refractivity contribution in [2.75, 3.05) is 0 Å². The summed E-state index contributed by atoms with van der Waals surface area (Å²) in [5, 5.41) is 9.92. The molecule has 0 radical (unpaired) electrons. The van der Waals surface area contributed by atoms with Crippen LogP contribution in [0.3, 0.4) is 0 Å². The van der Waals surface area contributed by atoms with E-state index in [2.05, 4.69) is 0 Å². The molecule has 3 aromatic rings. The summed E-state index contributed by atoms with van der Waals surface area (Å²) in [5.41, 5.74) is 0.310. The topological polar surface area (TPSA) is 68.5 Å². The molecule has 3 rings (SSSR count). The molecular formula is C22H19Cl2F2NO4. The van der Waals surface area contributed by atoms with Crippen molar-refractivity contribution in [1.29, 1.82) is 0 Å². The minimum Gasteiger partial charge on any atom is -0.503 e. The maximum absolute atomic E-state index is 14.9. The van der Waals surface area contributed by atoms with Crippen LogP contribution < -0.4 is 0 Å². The summed E-state index contributed by atoms with van der Waals surface area (Å²) in [7, 11) is 0. The molecule has 5 nitrogen and oxygen atoms in total. The first-order valence-corrected chi connectivity index (χ1v) is 10.2. The minimum atomic E-state index is -1.26. The van der Waals surface area contributed by atoms with E-state index in [1.807, 2.05) is 6.92 Å². The average molecular weight is 470 g/mol. The lowest BCUT2D eigenvalue weighted by Crippen LogP contribution is -2.17. The summed E-state index contributed by atoms with van der Waals surface area (Å²) in [6.07, 6.45) is -0.131. The van der Waals surface area contributed by atoms with E-state index >= 15 is 0 Å². The first kappa shape index (κ1) is 23.0. The molecule has 1 N–H and O–H groups in total. The van der Waals surface area contributed by atoms with Gasteiger partial charge in [0, 0.05) is 22.7 Å². The first-order chi connectivity index (χ1) is 14.6. The summed E-state index contributed by atoms with van der Waals surface area (Å²) in [6, 6.07) is 5.03. The van der Waals surface area contributed by atoms with Crippen LogP contribution in [0.1, 0.15) is 41.9 Å². The van der Waals surface area contributed by atoms with Crippen LogP contribution in [0.15, 0.2) is 24.3 Å². The number of aromatic nitrogens is 1. The predicted octanol–water partition coefficient (Wildman–Crippen LogP) is 5.81. The monoisotopic (exact) mass is 469 g/mol. The summed E-state index contributed by atoms with van der Waals surface area (Å²) < 4.78 is 35.4. The van der Waals surface area contributed by atoms with Crippen LogP contribution in [0.25, 0.3) is 10.9 Å². The van der Waals surface area contributed by atoms with E-state index in [0.717, 1.165) is 10.6 Å². The summed E-state index contributed by atoms with van der Waals surface area (Å²) in [5.74, 6) is -4.96. The highest BCUT2D eigenvalue weighted by atomic mass is 35.5. The molecule has 31 heavy (non-hydrogen) atoms. The van der Waals surface area contributed by atoms with E-state index in [-0.39, 0.29) is 50.3 Å². The average Bonchev–Trinajstić information content (AvgIpc) is 2.98. The van der Waals surface area contributed by atoms with Gasteiger partial charge in [-0.3, -0.25) is 14.2 Å². The van der Waals surface area contributed by atoms with Crippen LogP contribution in [0.4, 0.5) is 8.78 Å². The number of esters is 1. The van der Waals surface area contributed by atoms with Gasteiger partial charge in [-0.25, -0.2) is 8.78 Å². The van der Waals surface area contributed by atoms with Gasteiger partial charge >= 0.3 is 5.97 Å². The molecule has 0 aliphatic carbocycles. The number of phenols is 1. The van der Waals surface area contributed by atoms with Gasteiger partial charge in [0.05, 0.1) is 28.1 Å². The zero-order valence-electron chi connectivity index (χ0n) is 16.9. The van der Waals surface area contributed by atoms with E-state index in [9.17, 15) is 23.5 Å². The van der Waals surface area contributed by atoms with Gasteiger partial charge in [0.15, 0.2) is 17.4 Å². The second-order valence-corrected chi connectivity index (χ2v) is 7.95. The van der Waals surface area contributed by atoms with Gasteiger partial charge in [-0.2, -0.15) is 0 Å². The molecule has 1 aromatic heterocycles. The molecule has 1 unspecified atom stereocenters. The number of fused-ring (bicyclic) bond motifs is 1. The quantitative estimate of drug-likeness (QED) is 0.478. The fourth-order valence-electron chi connectivity index (χ4n) is 3.29.